The van der Waals surface area contributed by atoms with E-state index in [0.717, 1.165) is 0 Å². The average Bonchev–Trinajstić information content (AvgIpc) is 2.23. The van der Waals surface area contributed by atoms with Gasteiger partial charge in [0.25, 0.3) is 0 Å². The summed E-state index contributed by atoms with van der Waals surface area (Å²) in [6, 6.07) is 7.93. The van der Waals surface area contributed by atoms with Crippen LogP contribution in [0.25, 0.3) is 0 Å². The highest BCUT2D eigenvalue weighted by Gasteiger charge is 2.16. The van der Waals surface area contributed by atoms with E-state index in [-0.39, 0.29) is 12.5 Å². The number of hydrogen-bond acceptors (Lipinski definition) is 3. The summed E-state index contributed by atoms with van der Waals surface area (Å²) in [6.07, 6.45) is 0.0994. The molecule has 1 aromatic rings. The summed E-state index contributed by atoms with van der Waals surface area (Å²) < 4.78 is 5.49. The summed E-state index contributed by atoms with van der Waals surface area (Å²) in [4.78, 5) is 10.6. The lowest BCUT2D eigenvalue weighted by Gasteiger charge is -2.22. The van der Waals surface area contributed by atoms with Crippen LogP contribution in [0.3, 0.4) is 0 Å². The Morgan fingerprint density at radius 2 is 2.19 bits per heavy atom. The zero-order valence-electron chi connectivity index (χ0n) is 8.98. The van der Waals surface area contributed by atoms with Crippen molar-refractivity contribution in [1.82, 2.24) is 5.32 Å². The molecule has 2 N–H and O–H groups in total. The molecule has 1 aliphatic rings. The van der Waals surface area contributed by atoms with Crippen molar-refractivity contribution in [2.75, 3.05) is 6.61 Å². The van der Waals surface area contributed by atoms with Crippen LogP contribution < -0.4 is 5.32 Å². The minimum atomic E-state index is -0.796. The number of carboxylic acids is 1. The first-order chi connectivity index (χ1) is 7.75. The van der Waals surface area contributed by atoms with Gasteiger partial charge in [-0.25, -0.2) is 0 Å². The van der Waals surface area contributed by atoms with Gasteiger partial charge in [0.2, 0.25) is 0 Å². The summed E-state index contributed by atoms with van der Waals surface area (Å²) >= 11 is 0. The maximum Gasteiger partial charge on any atom is 0.305 e. The Balaban J connectivity index is 2.04. The third kappa shape index (κ3) is 2.81. The molecule has 0 spiro atoms. The maximum absolute atomic E-state index is 10.6. The van der Waals surface area contributed by atoms with Gasteiger partial charge in [0.15, 0.2) is 0 Å². The Morgan fingerprint density at radius 1 is 1.44 bits per heavy atom. The van der Waals surface area contributed by atoms with Crippen molar-refractivity contribution in [2.24, 2.45) is 0 Å². The van der Waals surface area contributed by atoms with E-state index in [4.69, 9.17) is 9.84 Å². The van der Waals surface area contributed by atoms with Crippen molar-refractivity contribution < 1.29 is 14.6 Å². The van der Waals surface area contributed by atoms with E-state index in [9.17, 15) is 4.79 Å². The van der Waals surface area contributed by atoms with E-state index in [1.807, 2.05) is 24.3 Å². The number of aliphatic carboxylic acids is 1. The van der Waals surface area contributed by atoms with Gasteiger partial charge in [-0.3, -0.25) is 4.79 Å². The second kappa shape index (κ2) is 5.09. The predicted octanol–water partition coefficient (Wildman–Crippen LogP) is 1.15. The number of fused-ring (bicyclic) bond motifs is 1. The highest BCUT2D eigenvalue weighted by atomic mass is 16.5. The molecule has 4 heteroatoms. The third-order valence-corrected chi connectivity index (χ3v) is 2.70. The number of carboxylic acid groups (broad SMARTS) is 1. The fourth-order valence-corrected chi connectivity index (χ4v) is 1.84. The lowest BCUT2D eigenvalue weighted by atomic mass is 10.1. The number of benzene rings is 1. The van der Waals surface area contributed by atoms with E-state index in [0.29, 0.717) is 19.8 Å². The molecular formula is C12H15NO3. The quantitative estimate of drug-likeness (QED) is 0.786. The van der Waals surface area contributed by atoms with Gasteiger partial charge in [-0.1, -0.05) is 24.3 Å². The van der Waals surface area contributed by atoms with Gasteiger partial charge in [-0.2, -0.15) is 0 Å². The molecular weight excluding hydrogens is 206 g/mol. The van der Waals surface area contributed by atoms with E-state index in [1.165, 1.54) is 11.1 Å². The van der Waals surface area contributed by atoms with Gasteiger partial charge >= 0.3 is 5.97 Å². The SMILES string of the molecule is O=C(O)C[C@@H]1COCc2ccccc2CN1. The molecule has 1 aliphatic heterocycles. The zero-order valence-corrected chi connectivity index (χ0v) is 8.98. The van der Waals surface area contributed by atoms with Gasteiger partial charge in [-0.05, 0) is 11.1 Å². The van der Waals surface area contributed by atoms with Crippen LogP contribution >= 0.6 is 0 Å². The number of ether oxygens (including phenoxy) is 1. The summed E-state index contributed by atoms with van der Waals surface area (Å²) in [5, 5.41) is 11.9. The summed E-state index contributed by atoms with van der Waals surface area (Å²) in [5.74, 6) is -0.796. The molecule has 16 heavy (non-hydrogen) atoms. The fraction of sp³-hybridized carbons (Fsp3) is 0.417. The molecule has 0 aliphatic carbocycles. The molecule has 2 rings (SSSR count). The van der Waals surface area contributed by atoms with Gasteiger partial charge in [0, 0.05) is 12.6 Å². The lowest BCUT2D eigenvalue weighted by Crippen LogP contribution is -2.36. The molecule has 0 amide bonds. The molecule has 4 nitrogen and oxygen atoms in total. The van der Waals surface area contributed by atoms with Crippen molar-refractivity contribution in [3.8, 4) is 0 Å². The zero-order chi connectivity index (χ0) is 11.4. The topological polar surface area (TPSA) is 58.6 Å². The van der Waals surface area contributed by atoms with E-state index < -0.39 is 5.97 Å². The summed E-state index contributed by atoms with van der Waals surface area (Å²) in [6.45, 7) is 1.71. The molecule has 0 radical (unpaired) electrons. The molecule has 0 saturated heterocycles. The highest BCUT2D eigenvalue weighted by molar-refractivity contribution is 5.67. The molecule has 1 heterocycles. The standard InChI is InChI=1S/C12H15NO3/c14-12(15)5-11-8-16-7-10-4-2-1-3-9(10)6-13-11/h1-4,11,13H,5-8H2,(H,14,15)/t11-/m1/s1. The Hall–Kier alpha value is -1.39. The van der Waals surface area contributed by atoms with Crippen molar-refractivity contribution in [2.45, 2.75) is 25.6 Å². The van der Waals surface area contributed by atoms with Crippen LogP contribution in [-0.2, 0) is 22.7 Å². The molecule has 1 atom stereocenters. The van der Waals surface area contributed by atoms with Crippen LogP contribution in [0.4, 0.5) is 0 Å². The summed E-state index contributed by atoms with van der Waals surface area (Å²) in [7, 11) is 0. The third-order valence-electron chi connectivity index (χ3n) is 2.70. The van der Waals surface area contributed by atoms with Crippen LogP contribution in [0.2, 0.25) is 0 Å². The van der Waals surface area contributed by atoms with Crippen LogP contribution in [0.1, 0.15) is 17.5 Å². The molecule has 86 valence electrons. The van der Waals surface area contributed by atoms with Crippen LogP contribution in [0.5, 0.6) is 0 Å². The molecule has 0 aromatic heterocycles. The van der Waals surface area contributed by atoms with Gasteiger partial charge in [-0.15, -0.1) is 0 Å². The van der Waals surface area contributed by atoms with Gasteiger partial charge < -0.3 is 15.2 Å². The minimum Gasteiger partial charge on any atom is -0.481 e. The van der Waals surface area contributed by atoms with Gasteiger partial charge in [0.1, 0.15) is 0 Å². The average molecular weight is 221 g/mol. The number of nitrogens with one attached hydrogen (secondary N) is 1. The van der Waals surface area contributed by atoms with Crippen molar-refractivity contribution >= 4 is 5.97 Å². The van der Waals surface area contributed by atoms with Crippen LogP contribution in [0.15, 0.2) is 24.3 Å². The van der Waals surface area contributed by atoms with E-state index in [2.05, 4.69) is 5.32 Å². The van der Waals surface area contributed by atoms with Crippen molar-refractivity contribution in [1.29, 1.82) is 0 Å². The number of rotatable bonds is 2. The normalized spacial score (nSPS) is 20.6. The fourth-order valence-electron chi connectivity index (χ4n) is 1.84. The Labute approximate surface area is 94.2 Å². The van der Waals surface area contributed by atoms with Crippen LogP contribution in [-0.4, -0.2) is 23.7 Å². The number of hydrogen-bond donors (Lipinski definition) is 2. The molecule has 1 aromatic carbocycles. The van der Waals surface area contributed by atoms with E-state index >= 15 is 0 Å². The molecule has 0 fully saturated rings. The lowest BCUT2D eigenvalue weighted by molar-refractivity contribution is -0.138. The van der Waals surface area contributed by atoms with Crippen LogP contribution in [0, 0.1) is 0 Å². The minimum absolute atomic E-state index is 0.0994. The van der Waals surface area contributed by atoms with Gasteiger partial charge in [0.05, 0.1) is 19.6 Å². The molecule has 0 unspecified atom stereocenters. The van der Waals surface area contributed by atoms with E-state index in [1.54, 1.807) is 0 Å². The van der Waals surface area contributed by atoms with Crippen molar-refractivity contribution in [3.63, 3.8) is 0 Å². The largest absolute Gasteiger partial charge is 0.481 e. The molecule has 0 bridgehead atoms. The maximum atomic E-state index is 10.6. The Morgan fingerprint density at radius 3 is 2.94 bits per heavy atom. The van der Waals surface area contributed by atoms with Crippen molar-refractivity contribution in [3.05, 3.63) is 35.4 Å². The Bertz CT molecular complexity index is 378. The second-order valence-corrected chi connectivity index (χ2v) is 3.96. The second-order valence-electron chi connectivity index (χ2n) is 3.96. The first kappa shape index (κ1) is 11.1. The number of carbonyl (C=O) groups is 1. The molecule has 0 saturated carbocycles. The predicted molar refractivity (Wildman–Crippen MR) is 59.0 cm³/mol. The Kier molecular flexibility index (Phi) is 3.54. The first-order valence-electron chi connectivity index (χ1n) is 5.35. The summed E-state index contributed by atoms with van der Waals surface area (Å²) in [5.41, 5.74) is 2.35. The highest BCUT2D eigenvalue weighted by Crippen LogP contribution is 2.13. The smallest absolute Gasteiger partial charge is 0.305 e. The monoisotopic (exact) mass is 221 g/mol. The first-order valence-corrected chi connectivity index (χ1v) is 5.35.